The van der Waals surface area contributed by atoms with E-state index in [9.17, 15) is 14.4 Å². The zero-order valence-electron chi connectivity index (χ0n) is 12.8. The lowest BCUT2D eigenvalue weighted by molar-refractivity contribution is -0.135. The Hall–Kier alpha value is -2.37. The van der Waals surface area contributed by atoms with Gasteiger partial charge in [-0.1, -0.05) is 19.9 Å². The monoisotopic (exact) mass is 302 g/mol. The summed E-state index contributed by atoms with van der Waals surface area (Å²) in [7, 11) is 0. The van der Waals surface area contributed by atoms with Crippen molar-refractivity contribution in [3.05, 3.63) is 33.8 Å². The van der Waals surface area contributed by atoms with Crippen molar-refractivity contribution < 1.29 is 14.0 Å². The molecule has 1 aliphatic rings. The fourth-order valence-corrected chi connectivity index (χ4v) is 3.10. The van der Waals surface area contributed by atoms with Gasteiger partial charge in [0.15, 0.2) is 5.58 Å². The van der Waals surface area contributed by atoms with E-state index in [1.807, 2.05) is 19.1 Å². The lowest BCUT2D eigenvalue weighted by atomic mass is 9.97. The van der Waals surface area contributed by atoms with Crippen LogP contribution in [-0.2, 0) is 9.59 Å². The molecule has 1 aromatic carbocycles. The first-order valence-electron chi connectivity index (χ1n) is 7.38. The molecule has 1 saturated heterocycles. The van der Waals surface area contributed by atoms with Crippen molar-refractivity contribution in [1.82, 2.24) is 9.88 Å². The first-order valence-corrected chi connectivity index (χ1v) is 7.38. The number of oxazole rings is 1. The van der Waals surface area contributed by atoms with Crippen LogP contribution in [-0.4, -0.2) is 16.4 Å². The summed E-state index contributed by atoms with van der Waals surface area (Å²) >= 11 is 0. The molecular formula is C16H18N2O4. The van der Waals surface area contributed by atoms with Crippen LogP contribution in [0.5, 0.6) is 0 Å². The third-order valence-corrected chi connectivity index (χ3v) is 4.22. The van der Waals surface area contributed by atoms with E-state index >= 15 is 0 Å². The number of piperidine rings is 1. The van der Waals surface area contributed by atoms with E-state index in [2.05, 4.69) is 19.2 Å². The van der Waals surface area contributed by atoms with E-state index in [1.54, 1.807) is 0 Å². The number of aryl methyl sites for hydroxylation is 1. The number of hydrogen-bond donors (Lipinski definition) is 1. The van der Waals surface area contributed by atoms with Crippen molar-refractivity contribution in [2.45, 2.75) is 45.6 Å². The molecule has 6 heteroatoms. The first-order chi connectivity index (χ1) is 10.4. The number of amides is 2. The van der Waals surface area contributed by atoms with Crippen LogP contribution in [0, 0.1) is 6.92 Å². The zero-order valence-corrected chi connectivity index (χ0v) is 12.8. The Bertz CT molecular complexity index is 829. The predicted octanol–water partition coefficient (Wildman–Crippen LogP) is 2.00. The van der Waals surface area contributed by atoms with Gasteiger partial charge in [0.1, 0.15) is 6.04 Å². The normalized spacial score (nSPS) is 19.0. The second kappa shape index (κ2) is 5.12. The highest BCUT2D eigenvalue weighted by atomic mass is 16.4. The van der Waals surface area contributed by atoms with Gasteiger partial charge in [0.05, 0.1) is 5.52 Å². The van der Waals surface area contributed by atoms with Crippen LogP contribution in [0.3, 0.4) is 0 Å². The van der Waals surface area contributed by atoms with Crippen molar-refractivity contribution in [1.29, 1.82) is 0 Å². The Kier molecular flexibility index (Phi) is 3.39. The van der Waals surface area contributed by atoms with E-state index in [4.69, 9.17) is 4.42 Å². The molecule has 1 N–H and O–H groups in total. The van der Waals surface area contributed by atoms with E-state index in [1.165, 1.54) is 4.57 Å². The molecule has 3 rings (SSSR count). The average Bonchev–Trinajstić information content (AvgIpc) is 2.76. The summed E-state index contributed by atoms with van der Waals surface area (Å²) in [4.78, 5) is 35.5. The highest BCUT2D eigenvalue weighted by Crippen LogP contribution is 2.29. The Balaban J connectivity index is 2.17. The van der Waals surface area contributed by atoms with E-state index in [-0.39, 0.29) is 12.3 Å². The number of aromatic nitrogens is 1. The standard InChI is InChI=1S/C16H18N2O4/c1-8(2)10-4-5-11-14(9(10)3)22-16(21)18(11)12-6-7-13(19)17-15(12)20/h4-5,8,12H,6-7H2,1-3H3,(H,17,19,20). The third kappa shape index (κ3) is 2.15. The van der Waals surface area contributed by atoms with Crippen molar-refractivity contribution >= 4 is 22.9 Å². The largest absolute Gasteiger partial charge is 0.420 e. The highest BCUT2D eigenvalue weighted by molar-refractivity contribution is 6.00. The van der Waals surface area contributed by atoms with E-state index in [0.29, 0.717) is 23.4 Å². The molecule has 6 nitrogen and oxygen atoms in total. The highest BCUT2D eigenvalue weighted by Gasteiger charge is 2.31. The minimum absolute atomic E-state index is 0.221. The molecule has 1 aliphatic heterocycles. The molecule has 1 fully saturated rings. The quantitative estimate of drug-likeness (QED) is 0.860. The number of rotatable bonds is 2. The molecule has 0 saturated carbocycles. The molecule has 0 radical (unpaired) electrons. The van der Waals surface area contributed by atoms with Gasteiger partial charge in [0, 0.05) is 6.42 Å². The van der Waals surface area contributed by atoms with Crippen LogP contribution in [0.15, 0.2) is 21.3 Å². The Morgan fingerprint density at radius 1 is 1.27 bits per heavy atom. The van der Waals surface area contributed by atoms with Gasteiger partial charge in [-0.2, -0.15) is 0 Å². The molecule has 22 heavy (non-hydrogen) atoms. The number of nitrogens with one attached hydrogen (secondary N) is 1. The van der Waals surface area contributed by atoms with Crippen LogP contribution in [0.2, 0.25) is 0 Å². The molecule has 1 aromatic heterocycles. The minimum Gasteiger partial charge on any atom is -0.407 e. The molecule has 116 valence electrons. The van der Waals surface area contributed by atoms with Gasteiger partial charge in [-0.3, -0.25) is 19.5 Å². The zero-order chi connectivity index (χ0) is 16.0. The Morgan fingerprint density at radius 2 is 2.00 bits per heavy atom. The van der Waals surface area contributed by atoms with Crippen molar-refractivity contribution in [3.8, 4) is 0 Å². The predicted molar refractivity (Wildman–Crippen MR) is 80.7 cm³/mol. The number of imide groups is 1. The molecule has 2 aromatic rings. The molecule has 0 bridgehead atoms. The maximum absolute atomic E-state index is 12.2. The van der Waals surface area contributed by atoms with Crippen LogP contribution in [0.25, 0.3) is 11.1 Å². The molecule has 1 unspecified atom stereocenters. The summed E-state index contributed by atoms with van der Waals surface area (Å²) in [6.07, 6.45) is 0.531. The Labute approximate surface area is 127 Å². The van der Waals surface area contributed by atoms with Crippen molar-refractivity contribution in [2.24, 2.45) is 0 Å². The summed E-state index contributed by atoms with van der Waals surface area (Å²) in [5, 5.41) is 2.27. The first kappa shape index (κ1) is 14.6. The second-order valence-corrected chi connectivity index (χ2v) is 5.99. The lowest BCUT2D eigenvalue weighted by Gasteiger charge is -2.21. The smallest absolute Gasteiger partial charge is 0.407 e. The number of nitrogens with zero attached hydrogens (tertiary/aromatic N) is 1. The van der Waals surface area contributed by atoms with Gasteiger partial charge >= 0.3 is 5.76 Å². The summed E-state index contributed by atoms with van der Waals surface area (Å²) in [6, 6.07) is 3.07. The Morgan fingerprint density at radius 3 is 2.64 bits per heavy atom. The second-order valence-electron chi connectivity index (χ2n) is 5.99. The van der Waals surface area contributed by atoms with Crippen LogP contribution < -0.4 is 11.1 Å². The SMILES string of the molecule is Cc1c(C(C)C)ccc2c1oc(=O)n2C1CCC(=O)NC1=O. The molecule has 2 heterocycles. The van der Waals surface area contributed by atoms with Gasteiger partial charge in [-0.25, -0.2) is 4.79 Å². The van der Waals surface area contributed by atoms with Gasteiger partial charge < -0.3 is 4.42 Å². The number of carbonyl (C=O) groups excluding carboxylic acids is 2. The molecular weight excluding hydrogens is 284 g/mol. The minimum atomic E-state index is -0.698. The lowest BCUT2D eigenvalue weighted by Crippen LogP contribution is -2.43. The number of hydrogen-bond acceptors (Lipinski definition) is 4. The van der Waals surface area contributed by atoms with Crippen molar-refractivity contribution in [2.75, 3.05) is 0 Å². The maximum atomic E-state index is 12.2. The molecule has 0 aliphatic carbocycles. The summed E-state index contributed by atoms with van der Waals surface area (Å²) in [6.45, 7) is 6.06. The maximum Gasteiger partial charge on any atom is 0.420 e. The fraction of sp³-hybridized carbons (Fsp3) is 0.438. The fourth-order valence-electron chi connectivity index (χ4n) is 3.10. The van der Waals surface area contributed by atoms with Gasteiger partial charge in [0.2, 0.25) is 11.8 Å². The van der Waals surface area contributed by atoms with Gasteiger partial charge in [0.25, 0.3) is 0 Å². The molecule has 0 spiro atoms. The van der Waals surface area contributed by atoms with Crippen LogP contribution >= 0.6 is 0 Å². The summed E-state index contributed by atoms with van der Waals surface area (Å²) in [5.41, 5.74) is 3.13. The molecule has 1 atom stereocenters. The average molecular weight is 302 g/mol. The van der Waals surface area contributed by atoms with Crippen LogP contribution in [0.1, 0.15) is 49.8 Å². The van der Waals surface area contributed by atoms with E-state index < -0.39 is 17.7 Å². The van der Waals surface area contributed by atoms with Gasteiger partial charge in [-0.05, 0) is 36.5 Å². The summed E-state index contributed by atoms with van der Waals surface area (Å²) in [5.74, 6) is -1.01. The van der Waals surface area contributed by atoms with Gasteiger partial charge in [-0.15, -0.1) is 0 Å². The third-order valence-electron chi connectivity index (χ3n) is 4.22. The molecule has 2 amide bonds. The van der Waals surface area contributed by atoms with E-state index in [0.717, 1.165) is 11.1 Å². The number of carbonyl (C=O) groups is 2. The van der Waals surface area contributed by atoms with Crippen LogP contribution in [0.4, 0.5) is 0 Å². The number of benzene rings is 1. The van der Waals surface area contributed by atoms with Crippen molar-refractivity contribution in [3.63, 3.8) is 0 Å². The number of fused-ring (bicyclic) bond motifs is 1. The summed E-state index contributed by atoms with van der Waals surface area (Å²) < 4.78 is 6.75. The topological polar surface area (TPSA) is 81.3 Å².